The molecule has 210 valence electrons. The van der Waals surface area contributed by atoms with Crippen LogP contribution in [0.15, 0.2) is 88.8 Å². The van der Waals surface area contributed by atoms with Crippen LogP contribution < -0.4 is 21.9 Å². The summed E-state index contributed by atoms with van der Waals surface area (Å²) in [4.78, 5) is 52.0. The fraction of sp³-hybridized carbons (Fsp3) is 0.222. The zero-order chi connectivity index (χ0) is 29.3. The highest BCUT2D eigenvalue weighted by atomic mass is 19.4. The number of nitrogens with zero attached hydrogens (tertiary/aromatic N) is 2. The molecule has 40 heavy (non-hydrogen) atoms. The van der Waals surface area contributed by atoms with E-state index >= 15 is 0 Å². The zero-order valence-electron chi connectivity index (χ0n) is 21.0. The van der Waals surface area contributed by atoms with Crippen LogP contribution in [0.5, 0.6) is 0 Å². The van der Waals surface area contributed by atoms with E-state index in [0.29, 0.717) is 0 Å². The summed E-state index contributed by atoms with van der Waals surface area (Å²) in [6, 6.07) is 18.9. The fourth-order valence-electron chi connectivity index (χ4n) is 3.84. The van der Waals surface area contributed by atoms with Crippen LogP contribution >= 0.6 is 0 Å². The van der Waals surface area contributed by atoms with Crippen LogP contribution in [0.1, 0.15) is 40.4 Å². The zero-order valence-corrected chi connectivity index (χ0v) is 21.0. The molecule has 0 saturated heterocycles. The molecule has 3 rings (SSSR count). The molecular weight excluding hydrogens is 531 g/mol. The Kier molecular flexibility index (Phi) is 9.79. The number of nitrogens with two attached hydrogens (primary N) is 1. The van der Waals surface area contributed by atoms with Crippen LogP contribution in [0.3, 0.4) is 0 Å². The standard InChI is InChI=1S/C27H26F3N5O5/c28-27(29,30)25(40)34-26(31)32-15-7-12-20(24(38)39)33-23(37)19-13-14-21(36)35(16-19)22(17-8-3-1-4-9-17)18-10-5-2-6-11-18/h1-6,8-11,13-14,16,20,22H,7,12,15H2,(H,33,37)(H,38,39)(H3,31,32,34,40)/t20-/m0/s1. The molecule has 2 amide bonds. The number of benzene rings is 2. The number of carbonyl (C=O) groups excluding carboxylic acids is 2. The van der Waals surface area contributed by atoms with Crippen molar-refractivity contribution in [2.45, 2.75) is 31.1 Å². The molecule has 2 aromatic carbocycles. The highest BCUT2D eigenvalue weighted by Gasteiger charge is 2.39. The normalized spacial score (nSPS) is 12.6. The predicted molar refractivity (Wildman–Crippen MR) is 140 cm³/mol. The second-order valence-electron chi connectivity index (χ2n) is 8.61. The first-order valence-corrected chi connectivity index (χ1v) is 12.0. The van der Waals surface area contributed by atoms with Crippen LogP contribution in [0, 0.1) is 0 Å². The Balaban J connectivity index is 1.74. The third-order valence-electron chi connectivity index (χ3n) is 5.74. The van der Waals surface area contributed by atoms with Gasteiger partial charge in [0.2, 0.25) is 0 Å². The number of nitrogens with one attached hydrogen (secondary N) is 2. The third-order valence-corrected chi connectivity index (χ3v) is 5.74. The molecule has 0 aliphatic carbocycles. The monoisotopic (exact) mass is 557 g/mol. The second kappa shape index (κ2) is 13.2. The predicted octanol–water partition coefficient (Wildman–Crippen LogP) is 2.44. The van der Waals surface area contributed by atoms with Crippen LogP contribution in [0.4, 0.5) is 13.2 Å². The summed E-state index contributed by atoms with van der Waals surface area (Å²) in [5, 5.41) is 13.3. The molecule has 3 aromatic rings. The van der Waals surface area contributed by atoms with Gasteiger partial charge in [0.1, 0.15) is 6.04 Å². The van der Waals surface area contributed by atoms with Crippen molar-refractivity contribution < 1.29 is 32.7 Å². The maximum absolute atomic E-state index is 13.0. The molecule has 0 aliphatic heterocycles. The van der Waals surface area contributed by atoms with Crippen LogP contribution in [-0.2, 0) is 9.59 Å². The van der Waals surface area contributed by atoms with Crippen molar-refractivity contribution in [3.8, 4) is 0 Å². The third kappa shape index (κ3) is 8.03. The highest BCUT2D eigenvalue weighted by Crippen LogP contribution is 2.25. The summed E-state index contributed by atoms with van der Waals surface area (Å²) in [6.45, 7) is -0.204. The van der Waals surface area contributed by atoms with E-state index in [4.69, 9.17) is 5.73 Å². The highest BCUT2D eigenvalue weighted by molar-refractivity contribution is 5.98. The van der Waals surface area contributed by atoms with Gasteiger partial charge in [-0.15, -0.1) is 0 Å². The van der Waals surface area contributed by atoms with Gasteiger partial charge in [0.05, 0.1) is 11.6 Å². The molecule has 13 heteroatoms. The number of alkyl halides is 3. The fourth-order valence-corrected chi connectivity index (χ4v) is 3.84. The van der Waals surface area contributed by atoms with Gasteiger partial charge in [-0.1, -0.05) is 60.7 Å². The van der Waals surface area contributed by atoms with Crippen LogP contribution in [-0.4, -0.2) is 52.2 Å². The van der Waals surface area contributed by atoms with E-state index in [1.54, 1.807) is 0 Å². The summed E-state index contributed by atoms with van der Waals surface area (Å²) in [5.74, 6) is -5.16. The van der Waals surface area contributed by atoms with Crippen LogP contribution in [0.2, 0.25) is 0 Å². The van der Waals surface area contributed by atoms with E-state index in [-0.39, 0.29) is 30.5 Å². The summed E-state index contributed by atoms with van der Waals surface area (Å²) in [6.07, 6.45) is -3.90. The van der Waals surface area contributed by atoms with Crippen molar-refractivity contribution in [1.82, 2.24) is 15.2 Å². The summed E-state index contributed by atoms with van der Waals surface area (Å²) < 4.78 is 38.2. The Bertz CT molecular complexity index is 1390. The molecule has 0 spiro atoms. The SMILES string of the molecule is NC(=NCCC[C@H](NC(=O)c1ccc(=O)n(C(c2ccccc2)c2ccccc2)c1)C(=O)O)NC(=O)C(F)(F)F. The summed E-state index contributed by atoms with van der Waals surface area (Å²) in [5.41, 5.74) is 6.50. The number of carboxylic acids is 1. The lowest BCUT2D eigenvalue weighted by atomic mass is 9.98. The lowest BCUT2D eigenvalue weighted by Crippen LogP contribution is -2.44. The number of halogens is 3. The molecule has 0 aliphatic rings. The van der Waals surface area contributed by atoms with E-state index in [1.165, 1.54) is 28.2 Å². The Morgan fingerprint density at radius 1 is 0.950 bits per heavy atom. The van der Waals surface area contributed by atoms with Gasteiger partial charge in [0.25, 0.3) is 11.5 Å². The van der Waals surface area contributed by atoms with E-state index < -0.39 is 42.0 Å². The molecule has 1 atom stereocenters. The molecule has 1 aromatic heterocycles. The molecule has 0 radical (unpaired) electrons. The van der Waals surface area contributed by atoms with Crippen molar-refractivity contribution in [2.75, 3.05) is 6.54 Å². The Labute approximate surface area is 226 Å². The number of hydrogen-bond acceptors (Lipinski definition) is 5. The smallest absolute Gasteiger partial charge is 0.471 e. The first-order chi connectivity index (χ1) is 19.0. The number of aliphatic carboxylic acids is 1. The van der Waals surface area contributed by atoms with E-state index in [1.807, 2.05) is 60.7 Å². The number of aliphatic imine (C=N–C) groups is 1. The lowest BCUT2D eigenvalue weighted by molar-refractivity contribution is -0.171. The molecule has 0 bridgehead atoms. The minimum absolute atomic E-state index is 0.0173. The van der Waals surface area contributed by atoms with E-state index in [2.05, 4.69) is 10.3 Å². The van der Waals surface area contributed by atoms with E-state index in [0.717, 1.165) is 11.1 Å². The average molecular weight is 558 g/mol. The second-order valence-corrected chi connectivity index (χ2v) is 8.61. The Morgan fingerprint density at radius 3 is 2.05 bits per heavy atom. The van der Waals surface area contributed by atoms with Gasteiger partial charge < -0.3 is 20.7 Å². The van der Waals surface area contributed by atoms with Gasteiger partial charge in [-0.2, -0.15) is 13.2 Å². The summed E-state index contributed by atoms with van der Waals surface area (Å²) >= 11 is 0. The molecule has 0 fully saturated rings. The lowest BCUT2D eigenvalue weighted by Gasteiger charge is -2.22. The Hall–Kier alpha value is -4.94. The van der Waals surface area contributed by atoms with Crippen molar-refractivity contribution >= 4 is 23.7 Å². The molecular formula is C27H26F3N5O5. The molecule has 0 unspecified atom stereocenters. The summed E-state index contributed by atoms with van der Waals surface area (Å²) in [7, 11) is 0. The van der Waals surface area contributed by atoms with Gasteiger partial charge in [-0.05, 0) is 30.0 Å². The maximum atomic E-state index is 13.0. The Morgan fingerprint density at radius 2 is 1.52 bits per heavy atom. The largest absolute Gasteiger partial charge is 0.480 e. The number of amides is 2. The van der Waals surface area contributed by atoms with Gasteiger partial charge >= 0.3 is 18.1 Å². The minimum Gasteiger partial charge on any atom is -0.480 e. The number of carbonyl (C=O) groups is 3. The first-order valence-electron chi connectivity index (χ1n) is 12.0. The number of guanidine groups is 1. The van der Waals surface area contributed by atoms with Crippen molar-refractivity contribution in [3.63, 3.8) is 0 Å². The maximum Gasteiger partial charge on any atom is 0.471 e. The molecule has 0 saturated carbocycles. The van der Waals surface area contributed by atoms with E-state index in [9.17, 15) is 37.5 Å². The molecule has 10 nitrogen and oxygen atoms in total. The average Bonchev–Trinajstić information content (AvgIpc) is 2.92. The quantitative estimate of drug-likeness (QED) is 0.170. The van der Waals surface area contributed by atoms with Crippen LogP contribution in [0.25, 0.3) is 0 Å². The topological polar surface area (TPSA) is 156 Å². The van der Waals surface area contributed by atoms with Crippen molar-refractivity contribution in [2.24, 2.45) is 10.7 Å². The van der Waals surface area contributed by atoms with Gasteiger partial charge in [0, 0.05) is 18.8 Å². The van der Waals surface area contributed by atoms with Gasteiger partial charge in [0.15, 0.2) is 5.96 Å². The molecule has 1 heterocycles. The number of aromatic nitrogens is 1. The van der Waals surface area contributed by atoms with Crippen molar-refractivity contribution in [1.29, 1.82) is 0 Å². The number of rotatable bonds is 10. The van der Waals surface area contributed by atoms with Crippen molar-refractivity contribution in [3.05, 3.63) is 106 Å². The molecule has 5 N–H and O–H groups in total. The number of hydrogen-bond donors (Lipinski definition) is 4. The minimum atomic E-state index is -5.14. The first kappa shape index (κ1) is 29.6. The number of carboxylic acid groups (broad SMARTS) is 1. The number of pyridine rings is 1. The van der Waals surface area contributed by atoms with Gasteiger partial charge in [-0.25, -0.2) is 4.79 Å². The van der Waals surface area contributed by atoms with Gasteiger partial charge in [-0.3, -0.25) is 24.7 Å².